The van der Waals surface area contributed by atoms with Crippen molar-refractivity contribution in [2.24, 2.45) is 0 Å². The third kappa shape index (κ3) is 4.55. The van der Waals surface area contributed by atoms with Crippen LogP contribution in [0.3, 0.4) is 0 Å². The molecule has 232 valence electrons. The van der Waals surface area contributed by atoms with Gasteiger partial charge in [-0.05, 0) is 81.7 Å². The zero-order valence-electron chi connectivity index (χ0n) is 26.6. The van der Waals surface area contributed by atoms with Crippen LogP contribution >= 0.6 is 0 Å². The summed E-state index contributed by atoms with van der Waals surface area (Å²) in [7, 11) is 4.17. The van der Waals surface area contributed by atoms with E-state index >= 15 is 0 Å². The Bertz CT molecular complexity index is 2050. The summed E-state index contributed by atoms with van der Waals surface area (Å²) in [4.78, 5) is 11.0. The fourth-order valence-corrected chi connectivity index (χ4v) is 7.19. The van der Waals surface area contributed by atoms with Crippen LogP contribution in [0.4, 0.5) is 34.1 Å². The Balaban J connectivity index is 0.00000324. The number of rotatable bonds is 3. The van der Waals surface area contributed by atoms with Gasteiger partial charge in [-0.15, -0.1) is 41.1 Å². The fourth-order valence-electron chi connectivity index (χ4n) is 7.19. The Morgan fingerprint density at radius 2 is 1.43 bits per heavy atom. The van der Waals surface area contributed by atoms with Crippen molar-refractivity contribution in [1.29, 1.82) is 0 Å². The average molecular weight is 793 g/mol. The summed E-state index contributed by atoms with van der Waals surface area (Å²) in [5.41, 5.74) is 10.8. The van der Waals surface area contributed by atoms with Crippen LogP contribution in [0.1, 0.15) is 19.4 Å². The Morgan fingerprint density at radius 1 is 0.681 bits per heavy atom. The van der Waals surface area contributed by atoms with E-state index in [9.17, 15) is 0 Å². The molecule has 0 amide bonds. The Kier molecular flexibility index (Phi) is 7.05. The second kappa shape index (κ2) is 11.1. The first-order chi connectivity index (χ1) is 22.4. The molecule has 8 heteroatoms. The number of nitrogens with zero attached hydrogens (tertiary/aromatic N) is 5. The van der Waals surface area contributed by atoms with E-state index in [1.54, 1.807) is 0 Å². The molecule has 0 aromatic heterocycles. The van der Waals surface area contributed by atoms with Crippen molar-refractivity contribution in [2.75, 3.05) is 28.8 Å². The number of hydrogen-bond acceptors (Lipinski definition) is 6. The van der Waals surface area contributed by atoms with Crippen molar-refractivity contribution >= 4 is 57.2 Å². The molecule has 0 atom stereocenters. The van der Waals surface area contributed by atoms with E-state index in [1.807, 2.05) is 18.1 Å². The van der Waals surface area contributed by atoms with Gasteiger partial charge in [0.05, 0.1) is 0 Å². The van der Waals surface area contributed by atoms with E-state index < -0.39 is 0 Å². The van der Waals surface area contributed by atoms with Gasteiger partial charge in [0.1, 0.15) is 5.75 Å². The molecule has 4 aliphatic rings. The molecular formula is C39H32BN5OPt. The van der Waals surface area contributed by atoms with Crippen molar-refractivity contribution in [3.63, 3.8) is 0 Å². The number of ether oxygens (including phenoxy) is 1. The van der Waals surface area contributed by atoms with E-state index in [-0.39, 0.29) is 33.3 Å². The second-order valence-corrected chi connectivity index (χ2v) is 12.8. The summed E-state index contributed by atoms with van der Waals surface area (Å²) in [5.74, 6) is 1.69. The first-order valence-corrected chi connectivity index (χ1v) is 15.7. The molecule has 5 aromatic rings. The molecule has 47 heavy (non-hydrogen) atoms. The van der Waals surface area contributed by atoms with Crippen LogP contribution in [0.25, 0.3) is 0 Å². The average Bonchev–Trinajstić information content (AvgIpc) is 3.52. The Morgan fingerprint density at radius 3 is 2.23 bits per heavy atom. The zero-order valence-corrected chi connectivity index (χ0v) is 28.9. The minimum Gasteiger partial charge on any atom is -0.518 e. The summed E-state index contributed by atoms with van der Waals surface area (Å²) in [5, 5.41) is 0. The molecule has 0 saturated heterocycles. The molecule has 0 fully saturated rings. The van der Waals surface area contributed by atoms with Crippen LogP contribution < -0.4 is 35.8 Å². The van der Waals surface area contributed by atoms with Crippen LogP contribution in [0.2, 0.25) is 0 Å². The third-order valence-electron chi connectivity index (χ3n) is 9.78. The topological polar surface area (TPSA) is 25.4 Å². The van der Waals surface area contributed by atoms with Crippen LogP contribution in [0, 0.1) is 25.5 Å². The van der Waals surface area contributed by atoms with Crippen LogP contribution in [0.15, 0.2) is 109 Å². The Hall–Kier alpha value is -4.45. The first kappa shape index (κ1) is 29.9. The van der Waals surface area contributed by atoms with Crippen LogP contribution in [0.5, 0.6) is 11.5 Å². The van der Waals surface area contributed by atoms with Gasteiger partial charge in [-0.1, -0.05) is 48.2 Å². The summed E-state index contributed by atoms with van der Waals surface area (Å²) < 4.78 is 6.64. The minimum absolute atomic E-state index is 0. The molecule has 5 aromatic carbocycles. The maximum Gasteiger partial charge on any atom is 4.00 e. The molecule has 0 radical (unpaired) electrons. The minimum atomic E-state index is -0.140. The van der Waals surface area contributed by atoms with Gasteiger partial charge < -0.3 is 29.2 Å². The van der Waals surface area contributed by atoms with Crippen molar-refractivity contribution in [3.05, 3.63) is 140 Å². The molecule has 0 aliphatic carbocycles. The van der Waals surface area contributed by atoms with Crippen LogP contribution in [-0.2, 0) is 26.6 Å². The van der Waals surface area contributed by atoms with E-state index in [0.717, 1.165) is 56.3 Å². The number of hydrogen-bond donors (Lipinski definition) is 0. The molecule has 0 bridgehead atoms. The summed E-state index contributed by atoms with van der Waals surface area (Å²) >= 11 is 0. The SMILES string of the molecule is CN1C=CN(c2[c-]c3c(cc2)Oc2cccc4c2B3c2[c-]c(N3[CH-]N(C)C(C)(C)c5ccccc53)ccc2N4c2ccccc2)[CH-]1.[Pt+4]. The van der Waals surface area contributed by atoms with Gasteiger partial charge in [0, 0.05) is 28.4 Å². The van der Waals surface area contributed by atoms with E-state index in [4.69, 9.17) is 4.74 Å². The van der Waals surface area contributed by atoms with E-state index in [1.165, 1.54) is 11.3 Å². The summed E-state index contributed by atoms with van der Waals surface area (Å²) in [6.45, 7) is 8.67. The number of benzene rings is 5. The smallest absolute Gasteiger partial charge is 0.518 e. The van der Waals surface area contributed by atoms with Crippen molar-refractivity contribution < 1.29 is 25.8 Å². The predicted octanol–water partition coefficient (Wildman–Crippen LogP) is 6.47. The monoisotopic (exact) mass is 792 g/mol. The maximum absolute atomic E-state index is 6.64. The number of fused-ring (bicyclic) bond motifs is 5. The standard InChI is InChI=1S/C39H32BN5O.Pt/c1-39(2)30-13-8-9-14-33(30)44(26-42(39)4)29-17-19-34-31(24-29)40-32-23-28(43-22-21-41(3)25-43)18-20-36(32)46-37-16-10-15-35(38(37)40)45(34)27-11-6-5-7-12-27;/h5-22,25-26H,1-4H3;/q-4;+4. The van der Waals surface area contributed by atoms with Crippen molar-refractivity contribution in [2.45, 2.75) is 19.4 Å². The molecule has 4 aliphatic heterocycles. The molecule has 6 nitrogen and oxygen atoms in total. The zero-order chi connectivity index (χ0) is 31.2. The molecular weight excluding hydrogens is 760 g/mol. The van der Waals surface area contributed by atoms with Gasteiger partial charge in [0.2, 0.25) is 6.71 Å². The van der Waals surface area contributed by atoms with Gasteiger partial charge in [-0.3, -0.25) is 0 Å². The van der Waals surface area contributed by atoms with Gasteiger partial charge in [-0.2, -0.15) is 30.9 Å². The van der Waals surface area contributed by atoms with E-state index in [2.05, 4.69) is 169 Å². The fraction of sp³-hybridized carbons (Fsp3) is 0.128. The van der Waals surface area contributed by atoms with Crippen LogP contribution in [-0.4, -0.2) is 30.6 Å². The van der Waals surface area contributed by atoms with Crippen molar-refractivity contribution in [3.8, 4) is 11.5 Å². The molecule has 0 unspecified atom stereocenters. The normalized spacial score (nSPS) is 17.0. The molecule has 0 N–H and O–H groups in total. The quantitative estimate of drug-likeness (QED) is 0.151. The number of anilines is 6. The summed E-state index contributed by atoms with van der Waals surface area (Å²) in [6.07, 6.45) is 4.09. The number of para-hydroxylation sites is 2. The maximum atomic E-state index is 6.64. The van der Waals surface area contributed by atoms with Gasteiger partial charge >= 0.3 is 21.1 Å². The largest absolute Gasteiger partial charge is 4.00 e. The van der Waals surface area contributed by atoms with E-state index in [0.29, 0.717) is 0 Å². The summed E-state index contributed by atoms with van der Waals surface area (Å²) in [6, 6.07) is 42.0. The molecule has 4 heterocycles. The van der Waals surface area contributed by atoms with Gasteiger partial charge in [-0.25, -0.2) is 0 Å². The third-order valence-corrected chi connectivity index (χ3v) is 9.78. The second-order valence-electron chi connectivity index (χ2n) is 12.8. The molecule has 0 saturated carbocycles. The Labute approximate surface area is 291 Å². The van der Waals surface area contributed by atoms with Gasteiger partial charge in [0.15, 0.2) is 0 Å². The first-order valence-electron chi connectivity index (χ1n) is 15.7. The van der Waals surface area contributed by atoms with Gasteiger partial charge in [0.25, 0.3) is 0 Å². The van der Waals surface area contributed by atoms with Crippen molar-refractivity contribution in [1.82, 2.24) is 9.80 Å². The molecule has 9 rings (SSSR count). The molecule has 0 spiro atoms. The predicted molar refractivity (Wildman–Crippen MR) is 187 cm³/mol.